The number of H-pyrrole nitrogens is 1. The molecule has 0 saturated carbocycles. The molecule has 0 aliphatic heterocycles. The molecule has 1 heterocycles. The third-order valence-corrected chi connectivity index (χ3v) is 6.76. The van der Waals surface area contributed by atoms with Crippen molar-refractivity contribution < 1.29 is 34.2 Å². The number of carbonyl (C=O) groups is 5. The molecule has 42 heavy (non-hydrogen) atoms. The van der Waals surface area contributed by atoms with Crippen molar-refractivity contribution in [2.75, 3.05) is 0 Å². The van der Waals surface area contributed by atoms with Gasteiger partial charge in [0.1, 0.15) is 24.2 Å². The van der Waals surface area contributed by atoms with Crippen molar-refractivity contribution >= 4 is 40.5 Å². The first-order valence-electron chi connectivity index (χ1n) is 13.4. The first kappa shape index (κ1) is 31.8. The van der Waals surface area contributed by atoms with Crippen LogP contribution >= 0.6 is 0 Å². The van der Waals surface area contributed by atoms with E-state index in [1.807, 2.05) is 24.3 Å². The van der Waals surface area contributed by atoms with Crippen LogP contribution in [-0.4, -0.2) is 75.1 Å². The lowest BCUT2D eigenvalue weighted by Gasteiger charge is -2.25. The van der Waals surface area contributed by atoms with Crippen molar-refractivity contribution in [3.63, 3.8) is 0 Å². The molecule has 0 aliphatic carbocycles. The highest BCUT2D eigenvalue weighted by Crippen LogP contribution is 2.19. The second-order valence-corrected chi connectivity index (χ2v) is 10.0. The average Bonchev–Trinajstić information content (AvgIpc) is 3.36. The molecule has 3 aromatic rings. The van der Waals surface area contributed by atoms with E-state index in [1.54, 1.807) is 36.5 Å². The van der Waals surface area contributed by atoms with E-state index in [4.69, 9.17) is 11.5 Å². The number of fused-ring (bicyclic) bond motifs is 1. The van der Waals surface area contributed by atoms with Crippen LogP contribution in [0.25, 0.3) is 10.9 Å². The Morgan fingerprint density at radius 1 is 0.833 bits per heavy atom. The molecule has 4 amide bonds. The molecular weight excluding hydrogens is 544 g/mol. The molecule has 0 radical (unpaired) electrons. The summed E-state index contributed by atoms with van der Waals surface area (Å²) in [7, 11) is 0. The van der Waals surface area contributed by atoms with Crippen LogP contribution in [0, 0.1) is 0 Å². The molecule has 224 valence electrons. The molecule has 13 heteroatoms. The minimum Gasteiger partial charge on any atom is -0.480 e. The Kier molecular flexibility index (Phi) is 11.2. The number of aliphatic hydroxyl groups excluding tert-OH is 1. The zero-order valence-corrected chi connectivity index (χ0v) is 23.1. The largest absolute Gasteiger partial charge is 0.480 e. The monoisotopic (exact) mass is 580 g/mol. The summed E-state index contributed by atoms with van der Waals surface area (Å²) < 4.78 is 0. The molecule has 0 spiro atoms. The summed E-state index contributed by atoms with van der Waals surface area (Å²) in [6.07, 6.45) is -0.0219. The Bertz CT molecular complexity index is 1410. The number of aliphatic carboxylic acids is 1. The van der Waals surface area contributed by atoms with Crippen molar-refractivity contribution in [3.8, 4) is 0 Å². The Labute approximate surface area is 242 Å². The summed E-state index contributed by atoms with van der Waals surface area (Å²) >= 11 is 0. The molecule has 0 fully saturated rings. The number of aromatic nitrogens is 1. The van der Waals surface area contributed by atoms with Gasteiger partial charge in [0.25, 0.3) is 0 Å². The van der Waals surface area contributed by atoms with Crippen molar-refractivity contribution in [2.45, 2.75) is 62.9 Å². The highest BCUT2D eigenvalue weighted by Gasteiger charge is 2.32. The van der Waals surface area contributed by atoms with E-state index in [1.165, 1.54) is 6.92 Å². The van der Waals surface area contributed by atoms with Gasteiger partial charge in [-0.15, -0.1) is 0 Å². The number of carboxylic acid groups (broad SMARTS) is 1. The maximum absolute atomic E-state index is 13.5. The van der Waals surface area contributed by atoms with E-state index in [-0.39, 0.29) is 25.7 Å². The van der Waals surface area contributed by atoms with Crippen molar-refractivity contribution in [2.24, 2.45) is 11.5 Å². The van der Waals surface area contributed by atoms with Crippen LogP contribution in [0.2, 0.25) is 0 Å². The fraction of sp³-hybridized carbons (Fsp3) is 0.345. The van der Waals surface area contributed by atoms with Crippen LogP contribution in [0.5, 0.6) is 0 Å². The number of rotatable bonds is 15. The summed E-state index contributed by atoms with van der Waals surface area (Å²) in [5.74, 6) is -4.42. The number of amides is 4. The first-order valence-corrected chi connectivity index (χ1v) is 13.4. The van der Waals surface area contributed by atoms with E-state index < -0.39 is 59.9 Å². The SMILES string of the molecule is CC(O)C(N)C(=O)NC(CCC(N)=O)C(=O)NC(Cc1c[nH]c2ccccc12)C(=O)NC(Cc1ccccc1)C(=O)O. The summed E-state index contributed by atoms with van der Waals surface area (Å²) in [6.45, 7) is 1.30. The van der Waals surface area contributed by atoms with Crippen LogP contribution in [0.3, 0.4) is 0 Å². The van der Waals surface area contributed by atoms with Gasteiger partial charge in [0.15, 0.2) is 0 Å². The van der Waals surface area contributed by atoms with E-state index in [9.17, 15) is 34.2 Å². The van der Waals surface area contributed by atoms with E-state index in [0.29, 0.717) is 11.1 Å². The Morgan fingerprint density at radius 2 is 1.43 bits per heavy atom. The second-order valence-electron chi connectivity index (χ2n) is 10.0. The molecule has 5 atom stereocenters. The lowest BCUT2D eigenvalue weighted by molar-refractivity contribution is -0.142. The molecule has 0 saturated heterocycles. The van der Waals surface area contributed by atoms with Gasteiger partial charge >= 0.3 is 5.97 Å². The van der Waals surface area contributed by atoms with E-state index in [2.05, 4.69) is 20.9 Å². The Morgan fingerprint density at radius 3 is 2.07 bits per heavy atom. The zero-order chi connectivity index (χ0) is 30.8. The van der Waals surface area contributed by atoms with Gasteiger partial charge in [-0.25, -0.2) is 4.79 Å². The average molecular weight is 581 g/mol. The summed E-state index contributed by atoms with van der Waals surface area (Å²) in [5.41, 5.74) is 13.1. The maximum atomic E-state index is 13.5. The molecule has 5 unspecified atom stereocenters. The van der Waals surface area contributed by atoms with Gasteiger partial charge < -0.3 is 42.6 Å². The molecule has 0 bridgehead atoms. The summed E-state index contributed by atoms with van der Waals surface area (Å²) in [6, 6.07) is 10.8. The number of hydrogen-bond donors (Lipinski definition) is 8. The van der Waals surface area contributed by atoms with Crippen LogP contribution in [-0.2, 0) is 36.8 Å². The number of aliphatic hydroxyl groups is 1. The number of primary amides is 1. The number of para-hydroxylation sites is 1. The van der Waals surface area contributed by atoms with Crippen LogP contribution in [0.15, 0.2) is 60.8 Å². The maximum Gasteiger partial charge on any atom is 0.326 e. The van der Waals surface area contributed by atoms with Gasteiger partial charge in [-0.3, -0.25) is 19.2 Å². The van der Waals surface area contributed by atoms with Gasteiger partial charge in [0, 0.05) is 36.4 Å². The first-order chi connectivity index (χ1) is 20.0. The molecule has 1 aromatic heterocycles. The van der Waals surface area contributed by atoms with Gasteiger partial charge in [-0.2, -0.15) is 0 Å². The van der Waals surface area contributed by atoms with Crippen LogP contribution in [0.4, 0.5) is 0 Å². The number of carboxylic acids is 1. The van der Waals surface area contributed by atoms with E-state index >= 15 is 0 Å². The smallest absolute Gasteiger partial charge is 0.326 e. The van der Waals surface area contributed by atoms with Gasteiger partial charge in [0.05, 0.1) is 6.10 Å². The normalized spacial score (nSPS) is 14.6. The molecule has 0 aliphatic rings. The topological polar surface area (TPSA) is 230 Å². The third-order valence-electron chi connectivity index (χ3n) is 6.76. The number of nitrogens with one attached hydrogen (secondary N) is 4. The predicted molar refractivity (Wildman–Crippen MR) is 154 cm³/mol. The quantitative estimate of drug-likeness (QED) is 0.116. The fourth-order valence-electron chi connectivity index (χ4n) is 4.37. The molecule has 2 aromatic carbocycles. The Hall–Kier alpha value is -4.75. The number of hydrogen-bond acceptors (Lipinski definition) is 7. The zero-order valence-electron chi connectivity index (χ0n) is 23.1. The minimum absolute atomic E-state index is 0.00416. The van der Waals surface area contributed by atoms with Crippen LogP contribution < -0.4 is 27.4 Å². The molecule has 10 N–H and O–H groups in total. The second kappa shape index (κ2) is 14.8. The van der Waals surface area contributed by atoms with Gasteiger partial charge in [0.2, 0.25) is 23.6 Å². The standard InChI is InChI=1S/C29H36N6O7/c1-16(36)25(31)28(40)33-21(11-12-24(30)37)26(38)34-22(14-18-15-32-20-10-6-5-9-19(18)20)27(39)35-23(29(41)42)13-17-7-3-2-4-8-17/h2-10,15-16,21-23,25,32,36H,11-14,31H2,1H3,(H2,30,37)(H,33,40)(H,34,38)(H,35,39)(H,41,42). The highest BCUT2D eigenvalue weighted by molar-refractivity contribution is 5.95. The summed E-state index contributed by atoms with van der Waals surface area (Å²) in [4.78, 5) is 66.1. The van der Waals surface area contributed by atoms with Crippen molar-refractivity contribution in [1.29, 1.82) is 0 Å². The van der Waals surface area contributed by atoms with E-state index in [0.717, 1.165) is 10.9 Å². The third kappa shape index (κ3) is 8.88. The number of nitrogens with two attached hydrogens (primary N) is 2. The number of carbonyl (C=O) groups excluding carboxylic acids is 4. The molecule has 3 rings (SSSR count). The molecular formula is C29H36N6O7. The predicted octanol–water partition coefficient (Wildman–Crippen LogP) is -0.534. The highest BCUT2D eigenvalue weighted by atomic mass is 16.4. The van der Waals surface area contributed by atoms with Crippen LogP contribution in [0.1, 0.15) is 30.9 Å². The lowest BCUT2D eigenvalue weighted by Crippen LogP contribution is -2.58. The number of aromatic amines is 1. The van der Waals surface area contributed by atoms with Crippen molar-refractivity contribution in [3.05, 3.63) is 71.9 Å². The number of benzene rings is 2. The lowest BCUT2D eigenvalue weighted by atomic mass is 10.0. The van der Waals surface area contributed by atoms with Gasteiger partial charge in [-0.05, 0) is 30.5 Å². The Balaban J connectivity index is 1.87. The van der Waals surface area contributed by atoms with Crippen molar-refractivity contribution in [1.82, 2.24) is 20.9 Å². The molecule has 13 nitrogen and oxygen atoms in total. The fourth-order valence-corrected chi connectivity index (χ4v) is 4.37. The summed E-state index contributed by atoms with van der Waals surface area (Å²) in [5, 5.41) is 27.8. The minimum atomic E-state index is -1.35. The van der Waals surface area contributed by atoms with Gasteiger partial charge in [-0.1, -0.05) is 48.5 Å².